The fourth-order valence-corrected chi connectivity index (χ4v) is 1.60. The molecule has 2 atom stereocenters. The lowest BCUT2D eigenvalue weighted by Crippen LogP contribution is -2.32. The van der Waals surface area contributed by atoms with Crippen molar-refractivity contribution in [1.82, 2.24) is 5.32 Å². The number of carbonyl (C=O) groups excluding carboxylic acids is 2. The quantitative estimate of drug-likeness (QED) is 0.673. The van der Waals surface area contributed by atoms with Gasteiger partial charge in [-0.15, -0.1) is 0 Å². The van der Waals surface area contributed by atoms with E-state index in [9.17, 15) is 9.59 Å². The predicted molar refractivity (Wildman–Crippen MR) is 53.2 cm³/mol. The molecular formula is C10H17NO4. The van der Waals surface area contributed by atoms with Crippen LogP contribution in [0.3, 0.4) is 0 Å². The van der Waals surface area contributed by atoms with Crippen molar-refractivity contribution in [3.63, 3.8) is 0 Å². The second kappa shape index (κ2) is 5.70. The number of hydrogen-bond donors (Lipinski definition) is 1. The molecule has 1 aliphatic rings. The number of rotatable bonds is 4. The van der Waals surface area contributed by atoms with Gasteiger partial charge in [0.25, 0.3) is 0 Å². The molecule has 0 saturated carbocycles. The van der Waals surface area contributed by atoms with Gasteiger partial charge in [0.1, 0.15) is 6.04 Å². The van der Waals surface area contributed by atoms with E-state index in [0.29, 0.717) is 26.2 Å². The Hall–Kier alpha value is -1.10. The van der Waals surface area contributed by atoms with Gasteiger partial charge in [-0.3, -0.25) is 9.59 Å². The summed E-state index contributed by atoms with van der Waals surface area (Å²) in [6.07, 6.45) is 0.470. The first-order valence-corrected chi connectivity index (χ1v) is 5.25. The third-order valence-corrected chi connectivity index (χ3v) is 2.32. The third kappa shape index (κ3) is 3.20. The molecule has 1 aliphatic heterocycles. The molecule has 1 heterocycles. The molecule has 0 aromatic carbocycles. The zero-order chi connectivity index (χ0) is 11.3. The maximum absolute atomic E-state index is 11.4. The molecular weight excluding hydrogens is 198 g/mol. The molecule has 0 bridgehead atoms. The highest BCUT2D eigenvalue weighted by atomic mass is 16.5. The molecule has 86 valence electrons. The van der Waals surface area contributed by atoms with Crippen LogP contribution in [0.2, 0.25) is 0 Å². The summed E-state index contributed by atoms with van der Waals surface area (Å²) in [6.45, 7) is 4.75. The van der Waals surface area contributed by atoms with Gasteiger partial charge in [0, 0.05) is 6.54 Å². The summed E-state index contributed by atoms with van der Waals surface area (Å²) in [5, 5.41) is 2.96. The molecule has 0 aromatic heterocycles. The lowest BCUT2D eigenvalue weighted by molar-refractivity contribution is -0.147. The highest BCUT2D eigenvalue weighted by Crippen LogP contribution is 2.16. The molecule has 15 heavy (non-hydrogen) atoms. The van der Waals surface area contributed by atoms with Gasteiger partial charge in [-0.1, -0.05) is 0 Å². The highest BCUT2D eigenvalue weighted by Gasteiger charge is 2.35. The molecule has 0 spiro atoms. The topological polar surface area (TPSA) is 64.6 Å². The van der Waals surface area contributed by atoms with Crippen molar-refractivity contribution in [1.29, 1.82) is 0 Å². The maximum atomic E-state index is 11.4. The van der Waals surface area contributed by atoms with Crippen LogP contribution in [0.15, 0.2) is 0 Å². The summed E-state index contributed by atoms with van der Waals surface area (Å²) in [7, 11) is 0. The zero-order valence-electron chi connectivity index (χ0n) is 9.12. The lowest BCUT2D eigenvalue weighted by Gasteiger charge is -2.09. The molecule has 5 nitrogen and oxygen atoms in total. The molecule has 0 radical (unpaired) electrons. The fraction of sp³-hybridized carbons (Fsp3) is 0.800. The van der Waals surface area contributed by atoms with Crippen molar-refractivity contribution in [3.8, 4) is 0 Å². The first-order valence-electron chi connectivity index (χ1n) is 5.25. The smallest absolute Gasteiger partial charge is 0.323 e. The average Bonchev–Trinajstić information content (AvgIpc) is 2.67. The van der Waals surface area contributed by atoms with Crippen LogP contribution in [0.5, 0.6) is 0 Å². The SMILES string of the molecule is CCOC(=O)[C@@H]1CN[C@@H](C(=O)OCC)C1. The molecule has 0 unspecified atom stereocenters. The lowest BCUT2D eigenvalue weighted by atomic mass is 10.1. The van der Waals surface area contributed by atoms with E-state index in [1.165, 1.54) is 0 Å². The monoisotopic (exact) mass is 215 g/mol. The molecule has 1 rings (SSSR count). The standard InChI is InChI=1S/C10H17NO4/c1-3-14-9(12)7-5-8(11-6-7)10(13)15-4-2/h7-8,11H,3-6H2,1-2H3/t7-,8+/m0/s1. The summed E-state index contributed by atoms with van der Waals surface area (Å²) in [5.74, 6) is -0.750. The Morgan fingerprint density at radius 3 is 2.40 bits per heavy atom. The third-order valence-electron chi connectivity index (χ3n) is 2.32. The zero-order valence-corrected chi connectivity index (χ0v) is 9.12. The van der Waals surface area contributed by atoms with Crippen LogP contribution in [0, 0.1) is 5.92 Å². The summed E-state index contributed by atoms with van der Waals surface area (Å²) < 4.78 is 9.74. The second-order valence-corrected chi connectivity index (χ2v) is 3.40. The van der Waals surface area contributed by atoms with E-state index in [4.69, 9.17) is 9.47 Å². The molecule has 1 N–H and O–H groups in total. The predicted octanol–water partition coefficient (Wildman–Crippen LogP) is 0.0907. The van der Waals surface area contributed by atoms with E-state index in [-0.39, 0.29) is 23.9 Å². The van der Waals surface area contributed by atoms with Crippen molar-refractivity contribution in [2.45, 2.75) is 26.3 Å². The van der Waals surface area contributed by atoms with Gasteiger partial charge in [-0.25, -0.2) is 0 Å². The van der Waals surface area contributed by atoms with Gasteiger partial charge < -0.3 is 14.8 Å². The van der Waals surface area contributed by atoms with Gasteiger partial charge in [0.05, 0.1) is 19.1 Å². The first kappa shape index (κ1) is 12.0. The van der Waals surface area contributed by atoms with Crippen LogP contribution in [0.1, 0.15) is 20.3 Å². The fourth-order valence-electron chi connectivity index (χ4n) is 1.60. The van der Waals surface area contributed by atoms with Crippen LogP contribution in [-0.4, -0.2) is 37.7 Å². The van der Waals surface area contributed by atoms with Gasteiger partial charge >= 0.3 is 11.9 Å². The first-order chi connectivity index (χ1) is 7.19. The Balaban J connectivity index is 2.38. The maximum Gasteiger partial charge on any atom is 0.323 e. The number of hydrogen-bond acceptors (Lipinski definition) is 5. The minimum atomic E-state index is -0.362. The van der Waals surface area contributed by atoms with Gasteiger partial charge in [-0.2, -0.15) is 0 Å². The Kier molecular flexibility index (Phi) is 4.55. The number of ether oxygens (including phenoxy) is 2. The van der Waals surface area contributed by atoms with E-state index in [2.05, 4.69) is 5.32 Å². The van der Waals surface area contributed by atoms with Crippen LogP contribution in [-0.2, 0) is 19.1 Å². The van der Waals surface area contributed by atoms with Crippen molar-refractivity contribution >= 4 is 11.9 Å². The van der Waals surface area contributed by atoms with Crippen LogP contribution in [0.25, 0.3) is 0 Å². The average molecular weight is 215 g/mol. The summed E-state index contributed by atoms with van der Waals surface area (Å²) in [4.78, 5) is 22.7. The molecule has 1 fully saturated rings. The van der Waals surface area contributed by atoms with E-state index < -0.39 is 0 Å². The Morgan fingerprint density at radius 1 is 1.20 bits per heavy atom. The molecule has 1 saturated heterocycles. The minimum absolute atomic E-state index is 0.223. The van der Waals surface area contributed by atoms with E-state index >= 15 is 0 Å². The largest absolute Gasteiger partial charge is 0.466 e. The second-order valence-electron chi connectivity index (χ2n) is 3.40. The summed E-state index contributed by atoms with van der Waals surface area (Å²) in [5.41, 5.74) is 0. The Morgan fingerprint density at radius 2 is 1.80 bits per heavy atom. The molecule has 0 aliphatic carbocycles. The molecule has 5 heteroatoms. The normalized spacial score (nSPS) is 24.9. The van der Waals surface area contributed by atoms with Crippen LogP contribution in [0.4, 0.5) is 0 Å². The summed E-state index contributed by atoms with van der Waals surface area (Å²) in [6, 6.07) is -0.362. The highest BCUT2D eigenvalue weighted by molar-refractivity contribution is 5.79. The van der Waals surface area contributed by atoms with E-state index in [1.807, 2.05) is 0 Å². The minimum Gasteiger partial charge on any atom is -0.466 e. The van der Waals surface area contributed by atoms with Gasteiger partial charge in [0.2, 0.25) is 0 Å². The molecule has 0 amide bonds. The van der Waals surface area contributed by atoms with Crippen molar-refractivity contribution in [2.24, 2.45) is 5.92 Å². The molecule has 0 aromatic rings. The summed E-state index contributed by atoms with van der Waals surface area (Å²) >= 11 is 0. The van der Waals surface area contributed by atoms with Gasteiger partial charge in [0.15, 0.2) is 0 Å². The number of nitrogens with one attached hydrogen (secondary N) is 1. The van der Waals surface area contributed by atoms with Crippen LogP contribution < -0.4 is 5.32 Å². The van der Waals surface area contributed by atoms with Crippen molar-refractivity contribution < 1.29 is 19.1 Å². The van der Waals surface area contributed by atoms with Gasteiger partial charge in [-0.05, 0) is 20.3 Å². The Bertz CT molecular complexity index is 218. The van der Waals surface area contributed by atoms with E-state index in [1.54, 1.807) is 13.8 Å². The number of esters is 2. The van der Waals surface area contributed by atoms with E-state index in [0.717, 1.165) is 0 Å². The van der Waals surface area contributed by atoms with Crippen LogP contribution >= 0.6 is 0 Å². The van der Waals surface area contributed by atoms with Crippen molar-refractivity contribution in [2.75, 3.05) is 19.8 Å². The van der Waals surface area contributed by atoms with Crippen molar-refractivity contribution in [3.05, 3.63) is 0 Å². The number of carbonyl (C=O) groups is 2. The Labute approximate surface area is 89.1 Å².